The van der Waals surface area contributed by atoms with Gasteiger partial charge in [0.05, 0.1) is 0 Å². The summed E-state index contributed by atoms with van der Waals surface area (Å²) in [5.74, 6) is 1.33. The first kappa shape index (κ1) is 18.1. The molecule has 1 N–H and O–H groups in total. The van der Waals surface area contributed by atoms with E-state index in [1.165, 1.54) is 69.5 Å². The Morgan fingerprint density at radius 2 is 1.85 bits per heavy atom. The maximum Gasteiger partial charge on any atom is 0.0165 e. The van der Waals surface area contributed by atoms with E-state index in [0.29, 0.717) is 0 Å². The van der Waals surface area contributed by atoms with Crippen molar-refractivity contribution in [2.24, 2.45) is 0 Å². The molecule has 0 spiro atoms. The molecular formula is C17H34N2S. The second-order valence-electron chi connectivity index (χ2n) is 6.22. The number of hydrogen-bond donors (Lipinski definition) is 1. The quantitative estimate of drug-likeness (QED) is 0.486. The SMILES string of the molecule is CSCCCCCCNC1CCN(CC=C(C)C)CC1. The summed E-state index contributed by atoms with van der Waals surface area (Å²) in [6.07, 6.45) is 12.7. The number of allylic oxidation sites excluding steroid dienone is 1. The highest BCUT2D eigenvalue weighted by molar-refractivity contribution is 7.98. The van der Waals surface area contributed by atoms with Crippen LogP contribution in [0.2, 0.25) is 0 Å². The van der Waals surface area contributed by atoms with E-state index in [1.54, 1.807) is 0 Å². The van der Waals surface area contributed by atoms with Gasteiger partial charge in [-0.2, -0.15) is 11.8 Å². The molecule has 0 radical (unpaired) electrons. The van der Waals surface area contributed by atoms with Crippen LogP contribution in [0, 0.1) is 0 Å². The Balaban J connectivity index is 1.95. The highest BCUT2D eigenvalue weighted by Gasteiger charge is 2.17. The van der Waals surface area contributed by atoms with Crippen LogP contribution in [0.3, 0.4) is 0 Å². The number of piperidine rings is 1. The molecule has 0 aromatic rings. The molecule has 0 aliphatic carbocycles. The fourth-order valence-corrected chi connectivity index (χ4v) is 3.16. The largest absolute Gasteiger partial charge is 0.314 e. The van der Waals surface area contributed by atoms with Crippen molar-refractivity contribution in [3.8, 4) is 0 Å². The molecule has 20 heavy (non-hydrogen) atoms. The van der Waals surface area contributed by atoms with E-state index in [-0.39, 0.29) is 0 Å². The van der Waals surface area contributed by atoms with Gasteiger partial charge >= 0.3 is 0 Å². The standard InChI is InChI=1S/C17H34N2S/c1-16(2)8-12-19-13-9-17(10-14-19)18-11-6-4-5-7-15-20-3/h8,17-18H,4-7,9-15H2,1-3H3. The number of rotatable bonds is 10. The van der Waals surface area contributed by atoms with Gasteiger partial charge in [0.2, 0.25) is 0 Å². The van der Waals surface area contributed by atoms with Crippen molar-refractivity contribution in [2.75, 3.05) is 38.2 Å². The molecule has 1 fully saturated rings. The molecule has 0 atom stereocenters. The van der Waals surface area contributed by atoms with Crippen molar-refractivity contribution in [3.05, 3.63) is 11.6 Å². The summed E-state index contributed by atoms with van der Waals surface area (Å²) in [5.41, 5.74) is 1.44. The topological polar surface area (TPSA) is 15.3 Å². The van der Waals surface area contributed by atoms with Crippen LogP contribution in [-0.4, -0.2) is 49.1 Å². The molecule has 3 heteroatoms. The average Bonchev–Trinajstić information content (AvgIpc) is 2.45. The van der Waals surface area contributed by atoms with Crippen LogP contribution < -0.4 is 5.32 Å². The maximum absolute atomic E-state index is 3.75. The third-order valence-corrected chi connectivity index (χ3v) is 4.75. The summed E-state index contributed by atoms with van der Waals surface area (Å²) >= 11 is 1.97. The third kappa shape index (κ3) is 9.04. The predicted octanol–water partition coefficient (Wildman–Crippen LogP) is 3.93. The Hall–Kier alpha value is 0.0100. The van der Waals surface area contributed by atoms with E-state index < -0.39 is 0 Å². The minimum absolute atomic E-state index is 0.768. The van der Waals surface area contributed by atoms with E-state index in [9.17, 15) is 0 Å². The van der Waals surface area contributed by atoms with Crippen molar-refractivity contribution in [1.82, 2.24) is 10.2 Å². The minimum Gasteiger partial charge on any atom is -0.314 e. The number of nitrogens with zero attached hydrogens (tertiary/aromatic N) is 1. The Morgan fingerprint density at radius 3 is 2.50 bits per heavy atom. The van der Waals surface area contributed by atoms with Crippen molar-refractivity contribution in [1.29, 1.82) is 0 Å². The van der Waals surface area contributed by atoms with Crippen LogP contribution in [0.15, 0.2) is 11.6 Å². The van der Waals surface area contributed by atoms with E-state index in [1.807, 2.05) is 11.8 Å². The molecule has 0 unspecified atom stereocenters. The van der Waals surface area contributed by atoms with E-state index in [2.05, 4.69) is 36.4 Å². The Kier molecular flexibility index (Phi) is 10.5. The van der Waals surface area contributed by atoms with Crippen molar-refractivity contribution in [3.63, 3.8) is 0 Å². The van der Waals surface area contributed by atoms with Crippen LogP contribution in [0.25, 0.3) is 0 Å². The number of likely N-dealkylation sites (tertiary alicyclic amines) is 1. The second-order valence-corrected chi connectivity index (χ2v) is 7.20. The van der Waals surface area contributed by atoms with E-state index in [0.717, 1.165) is 12.6 Å². The summed E-state index contributed by atoms with van der Waals surface area (Å²) in [6.45, 7) is 9.26. The molecule has 0 saturated carbocycles. The summed E-state index contributed by atoms with van der Waals surface area (Å²) in [7, 11) is 0. The summed E-state index contributed by atoms with van der Waals surface area (Å²) < 4.78 is 0. The van der Waals surface area contributed by atoms with Gasteiger partial charge in [0.15, 0.2) is 0 Å². The zero-order valence-electron chi connectivity index (χ0n) is 13.8. The lowest BCUT2D eigenvalue weighted by molar-refractivity contribution is 0.215. The lowest BCUT2D eigenvalue weighted by atomic mass is 10.0. The van der Waals surface area contributed by atoms with Crippen molar-refractivity contribution >= 4 is 11.8 Å². The van der Waals surface area contributed by atoms with E-state index in [4.69, 9.17) is 0 Å². The summed E-state index contributed by atoms with van der Waals surface area (Å²) in [6, 6.07) is 0.768. The molecule has 0 aromatic heterocycles. The number of unbranched alkanes of at least 4 members (excludes halogenated alkanes) is 3. The molecule has 0 bridgehead atoms. The van der Waals surface area contributed by atoms with Gasteiger partial charge in [-0.1, -0.05) is 24.5 Å². The van der Waals surface area contributed by atoms with Gasteiger partial charge in [-0.3, -0.25) is 4.90 Å². The Bertz CT molecular complexity index is 254. The lowest BCUT2D eigenvalue weighted by Crippen LogP contribution is -2.42. The van der Waals surface area contributed by atoms with Gasteiger partial charge in [0.25, 0.3) is 0 Å². The first-order chi connectivity index (χ1) is 9.72. The third-order valence-electron chi connectivity index (χ3n) is 4.05. The minimum atomic E-state index is 0.768. The highest BCUT2D eigenvalue weighted by atomic mass is 32.2. The molecular weight excluding hydrogens is 264 g/mol. The van der Waals surface area contributed by atoms with Gasteiger partial charge in [-0.05, 0) is 71.2 Å². The fourth-order valence-electron chi connectivity index (χ4n) is 2.66. The molecule has 1 saturated heterocycles. The van der Waals surface area contributed by atoms with Crippen molar-refractivity contribution in [2.45, 2.75) is 58.4 Å². The van der Waals surface area contributed by atoms with Gasteiger partial charge in [-0.25, -0.2) is 0 Å². The maximum atomic E-state index is 3.75. The van der Waals surface area contributed by atoms with Gasteiger partial charge < -0.3 is 5.32 Å². The number of nitrogens with one attached hydrogen (secondary N) is 1. The zero-order valence-corrected chi connectivity index (χ0v) is 14.6. The smallest absolute Gasteiger partial charge is 0.0165 e. The van der Waals surface area contributed by atoms with Gasteiger partial charge in [0.1, 0.15) is 0 Å². The zero-order chi connectivity index (χ0) is 14.6. The molecule has 1 rings (SSSR count). The fraction of sp³-hybridized carbons (Fsp3) is 0.882. The summed E-state index contributed by atoms with van der Waals surface area (Å²) in [5, 5.41) is 3.75. The molecule has 1 aliphatic heterocycles. The monoisotopic (exact) mass is 298 g/mol. The Labute approximate surface area is 130 Å². The molecule has 1 heterocycles. The van der Waals surface area contributed by atoms with Crippen LogP contribution in [0.4, 0.5) is 0 Å². The van der Waals surface area contributed by atoms with Gasteiger partial charge in [0, 0.05) is 12.6 Å². The number of thioether (sulfide) groups is 1. The molecule has 0 amide bonds. The van der Waals surface area contributed by atoms with Crippen LogP contribution in [0.1, 0.15) is 52.4 Å². The molecule has 0 aromatic carbocycles. The highest BCUT2D eigenvalue weighted by Crippen LogP contribution is 2.11. The molecule has 2 nitrogen and oxygen atoms in total. The lowest BCUT2D eigenvalue weighted by Gasteiger charge is -2.31. The van der Waals surface area contributed by atoms with E-state index >= 15 is 0 Å². The normalized spacial score (nSPS) is 17.4. The predicted molar refractivity (Wildman–Crippen MR) is 93.7 cm³/mol. The second kappa shape index (κ2) is 11.6. The summed E-state index contributed by atoms with van der Waals surface area (Å²) in [4.78, 5) is 2.58. The van der Waals surface area contributed by atoms with Crippen molar-refractivity contribution < 1.29 is 0 Å². The van der Waals surface area contributed by atoms with Crippen LogP contribution >= 0.6 is 11.8 Å². The first-order valence-corrected chi connectivity index (χ1v) is 9.70. The van der Waals surface area contributed by atoms with Gasteiger partial charge in [-0.15, -0.1) is 0 Å². The average molecular weight is 299 g/mol. The molecule has 1 aliphatic rings. The number of hydrogen-bond acceptors (Lipinski definition) is 3. The Morgan fingerprint density at radius 1 is 1.15 bits per heavy atom. The molecule has 118 valence electrons. The van der Waals surface area contributed by atoms with Crippen LogP contribution in [-0.2, 0) is 0 Å². The van der Waals surface area contributed by atoms with Crippen LogP contribution in [0.5, 0.6) is 0 Å². The first-order valence-electron chi connectivity index (χ1n) is 8.30.